The van der Waals surface area contributed by atoms with E-state index in [9.17, 15) is 0 Å². The van der Waals surface area contributed by atoms with E-state index in [1.54, 1.807) is 32.7 Å². The Bertz CT molecular complexity index is 656. The van der Waals surface area contributed by atoms with E-state index in [-0.39, 0.29) is 12.4 Å². The fourth-order valence-electron chi connectivity index (χ4n) is 2.43. The molecular weight excluding hydrogens is 332 g/mol. The number of hydrogen-bond donors (Lipinski definition) is 2. The molecule has 0 aromatic carbocycles. The molecule has 26 heavy (non-hydrogen) atoms. The van der Waals surface area contributed by atoms with Gasteiger partial charge in [0.1, 0.15) is 18.1 Å². The number of methoxy groups -OCH3 is 2. The predicted octanol–water partition coefficient (Wildman–Crippen LogP) is 3.13. The zero-order valence-electron chi connectivity index (χ0n) is 16.3. The minimum Gasteiger partial charge on any atom is -0.493 e. The van der Waals surface area contributed by atoms with E-state index >= 15 is 0 Å². The van der Waals surface area contributed by atoms with E-state index in [4.69, 9.17) is 19.9 Å². The fraction of sp³-hybridized carbons (Fsp3) is 0.474. The summed E-state index contributed by atoms with van der Waals surface area (Å²) in [5.74, 6) is 1.91. The molecule has 0 saturated carbocycles. The lowest BCUT2D eigenvalue weighted by Crippen LogP contribution is -2.25. The summed E-state index contributed by atoms with van der Waals surface area (Å²) in [4.78, 5) is 8.36. The van der Waals surface area contributed by atoms with Gasteiger partial charge in [-0.15, -0.1) is 0 Å². The highest BCUT2D eigenvalue weighted by Crippen LogP contribution is 2.29. The van der Waals surface area contributed by atoms with E-state index in [2.05, 4.69) is 35.7 Å². The van der Waals surface area contributed by atoms with Crippen LogP contribution in [0.25, 0.3) is 0 Å². The van der Waals surface area contributed by atoms with Gasteiger partial charge in [-0.05, 0) is 20.3 Å². The number of rotatable bonds is 11. The van der Waals surface area contributed by atoms with Crippen molar-refractivity contribution in [1.82, 2.24) is 10.3 Å². The summed E-state index contributed by atoms with van der Waals surface area (Å²) in [6.45, 7) is 9.97. The molecule has 0 amide bonds. The first-order valence-corrected chi connectivity index (χ1v) is 8.57. The number of hydrogen-bond acceptors (Lipinski definition) is 7. The zero-order chi connectivity index (χ0) is 19.5. The summed E-state index contributed by atoms with van der Waals surface area (Å²) < 4.78 is 16.6. The summed E-state index contributed by atoms with van der Waals surface area (Å²) >= 11 is 0. The van der Waals surface area contributed by atoms with Crippen LogP contribution in [0.15, 0.2) is 41.1 Å². The lowest BCUT2D eigenvalue weighted by atomic mass is 10.2. The zero-order valence-corrected chi connectivity index (χ0v) is 16.3. The highest BCUT2D eigenvalue weighted by molar-refractivity contribution is 5.77. The maximum absolute atomic E-state index is 5.93. The number of allylic oxidation sites excluding steroid dienone is 2. The van der Waals surface area contributed by atoms with Gasteiger partial charge in [-0.1, -0.05) is 19.9 Å². The number of pyridine rings is 1. The molecule has 1 atom stereocenters. The Morgan fingerprint density at radius 1 is 1.42 bits per heavy atom. The topological polar surface area (TPSA) is 91.0 Å². The van der Waals surface area contributed by atoms with Gasteiger partial charge in [0.05, 0.1) is 26.1 Å². The molecule has 0 aliphatic carbocycles. The van der Waals surface area contributed by atoms with Crippen LogP contribution in [-0.2, 0) is 11.3 Å². The number of nitrogens with two attached hydrogens (primary N) is 1. The first-order valence-electron chi connectivity index (χ1n) is 8.57. The molecule has 0 bridgehead atoms. The van der Waals surface area contributed by atoms with Crippen molar-refractivity contribution < 1.29 is 14.2 Å². The summed E-state index contributed by atoms with van der Waals surface area (Å²) in [5.41, 5.74) is 7.02. The van der Waals surface area contributed by atoms with Crippen molar-refractivity contribution >= 4 is 6.21 Å². The minimum atomic E-state index is 0.194. The van der Waals surface area contributed by atoms with Crippen LogP contribution in [0.5, 0.6) is 11.5 Å². The van der Waals surface area contributed by atoms with Crippen molar-refractivity contribution in [1.29, 1.82) is 0 Å². The largest absolute Gasteiger partial charge is 0.493 e. The van der Waals surface area contributed by atoms with Crippen LogP contribution < -0.4 is 20.5 Å². The third kappa shape index (κ3) is 6.66. The van der Waals surface area contributed by atoms with E-state index in [0.29, 0.717) is 29.0 Å². The highest BCUT2D eigenvalue weighted by atomic mass is 16.5. The number of aliphatic imine (C=N–C) groups is 1. The minimum absolute atomic E-state index is 0.194. The van der Waals surface area contributed by atoms with Crippen LogP contribution in [0.4, 0.5) is 0 Å². The molecule has 1 rings (SSSR count). The maximum atomic E-state index is 5.93. The molecule has 0 radical (unpaired) electrons. The Labute approximate surface area is 156 Å². The van der Waals surface area contributed by atoms with Gasteiger partial charge < -0.3 is 25.3 Å². The molecule has 0 saturated heterocycles. The molecule has 1 unspecified atom stereocenters. The van der Waals surface area contributed by atoms with E-state index < -0.39 is 0 Å². The van der Waals surface area contributed by atoms with Crippen LogP contribution in [0.3, 0.4) is 0 Å². The van der Waals surface area contributed by atoms with Crippen molar-refractivity contribution in [2.75, 3.05) is 14.2 Å². The Kier molecular flexibility index (Phi) is 9.05. The van der Waals surface area contributed by atoms with Gasteiger partial charge in [-0.3, -0.25) is 4.98 Å². The second kappa shape index (κ2) is 11.0. The number of ether oxygens (including phenoxy) is 3. The first kappa shape index (κ1) is 21.3. The second-order valence-corrected chi connectivity index (χ2v) is 5.85. The second-order valence-electron chi connectivity index (χ2n) is 5.85. The normalized spacial score (nSPS) is 13.1. The van der Waals surface area contributed by atoms with Gasteiger partial charge in [0.15, 0.2) is 17.3 Å². The average molecular weight is 362 g/mol. The Hall–Kier alpha value is -2.70. The number of nitrogens with one attached hydrogen (secondary N) is 1. The lowest BCUT2D eigenvalue weighted by molar-refractivity contribution is 0.204. The third-order valence-corrected chi connectivity index (χ3v) is 3.63. The molecule has 1 heterocycles. The molecular formula is C19H30N4O3. The van der Waals surface area contributed by atoms with Crippen molar-refractivity contribution in [2.24, 2.45) is 10.7 Å². The predicted molar refractivity (Wildman–Crippen MR) is 104 cm³/mol. The molecule has 0 fully saturated rings. The summed E-state index contributed by atoms with van der Waals surface area (Å²) in [7, 11) is 3.15. The van der Waals surface area contributed by atoms with Gasteiger partial charge >= 0.3 is 0 Å². The van der Waals surface area contributed by atoms with Gasteiger partial charge in [-0.25, -0.2) is 4.99 Å². The molecule has 7 nitrogen and oxygen atoms in total. The van der Waals surface area contributed by atoms with Crippen molar-refractivity contribution in [3.8, 4) is 11.5 Å². The SMILES string of the molecule is C=C(N)/N=C\C(OCc1nccc(OC)c1OC)=C(/C)NC(C)CCC. The summed E-state index contributed by atoms with van der Waals surface area (Å²) in [6, 6.07) is 2.05. The third-order valence-electron chi connectivity index (χ3n) is 3.63. The van der Waals surface area contributed by atoms with Crippen LogP contribution >= 0.6 is 0 Å². The van der Waals surface area contributed by atoms with Crippen molar-refractivity contribution in [2.45, 2.75) is 46.3 Å². The van der Waals surface area contributed by atoms with Crippen LogP contribution in [0, 0.1) is 0 Å². The van der Waals surface area contributed by atoms with Crippen LogP contribution in [0.1, 0.15) is 39.3 Å². The molecule has 0 spiro atoms. The smallest absolute Gasteiger partial charge is 0.185 e. The summed E-state index contributed by atoms with van der Waals surface area (Å²) in [6.07, 6.45) is 5.34. The van der Waals surface area contributed by atoms with Gasteiger partial charge in [0.25, 0.3) is 0 Å². The Morgan fingerprint density at radius 3 is 2.73 bits per heavy atom. The molecule has 7 heteroatoms. The quantitative estimate of drug-likeness (QED) is 0.464. The van der Waals surface area contributed by atoms with Crippen molar-refractivity contribution in [3.05, 3.63) is 41.8 Å². The van der Waals surface area contributed by atoms with Gasteiger partial charge in [0, 0.05) is 18.3 Å². The Balaban J connectivity index is 3.02. The van der Waals surface area contributed by atoms with Crippen molar-refractivity contribution in [3.63, 3.8) is 0 Å². The molecule has 3 N–H and O–H groups in total. The number of aromatic nitrogens is 1. The standard InChI is InChI=1S/C19H30N4O3/c1-7-8-13(2)23-14(3)18(11-22-15(4)20)26-12-16-19(25-6)17(24-5)9-10-21-16/h9-11,13,23H,4,7-8,12,20H2,1-3,5-6H3/b18-14-,22-11-. The van der Waals surface area contributed by atoms with Gasteiger partial charge in [0.2, 0.25) is 0 Å². The molecule has 0 aliphatic rings. The summed E-state index contributed by atoms with van der Waals surface area (Å²) in [5, 5.41) is 3.41. The lowest BCUT2D eigenvalue weighted by Gasteiger charge is -2.18. The number of nitrogens with zero attached hydrogens (tertiary/aromatic N) is 2. The van der Waals surface area contributed by atoms with Crippen LogP contribution in [-0.4, -0.2) is 31.5 Å². The molecule has 144 valence electrons. The van der Waals surface area contributed by atoms with E-state index in [0.717, 1.165) is 18.5 Å². The van der Waals surface area contributed by atoms with Gasteiger partial charge in [-0.2, -0.15) is 0 Å². The Morgan fingerprint density at radius 2 is 2.15 bits per heavy atom. The van der Waals surface area contributed by atoms with E-state index in [1.165, 1.54) is 0 Å². The van der Waals surface area contributed by atoms with Crippen LogP contribution in [0.2, 0.25) is 0 Å². The fourth-order valence-corrected chi connectivity index (χ4v) is 2.43. The molecule has 1 aromatic heterocycles. The van der Waals surface area contributed by atoms with E-state index in [1.807, 2.05) is 6.92 Å². The first-order chi connectivity index (χ1) is 12.4. The maximum Gasteiger partial charge on any atom is 0.185 e. The highest BCUT2D eigenvalue weighted by Gasteiger charge is 2.13. The molecule has 1 aromatic rings. The monoisotopic (exact) mass is 362 g/mol. The molecule has 0 aliphatic heterocycles. The average Bonchev–Trinajstić information content (AvgIpc) is 2.60.